The largest absolute Gasteiger partial charge is 0.492 e. The molecule has 3 rings (SSSR count). The zero-order valence-electron chi connectivity index (χ0n) is 24.0. The van der Waals surface area contributed by atoms with Crippen molar-refractivity contribution in [3.05, 3.63) is 82.3 Å². The Balaban J connectivity index is 2.15. The summed E-state index contributed by atoms with van der Waals surface area (Å²) in [6.07, 6.45) is 2.17. The number of anilines is 1. The van der Waals surface area contributed by atoms with Gasteiger partial charge >= 0.3 is 0 Å². The van der Waals surface area contributed by atoms with Gasteiger partial charge < -0.3 is 15.0 Å². The molecule has 1 atom stereocenters. The first-order valence-corrected chi connectivity index (χ1v) is 16.9. The lowest BCUT2D eigenvalue weighted by atomic mass is 10.1. The fourth-order valence-electron chi connectivity index (χ4n) is 4.39. The number of hydrogen-bond acceptors (Lipinski definition) is 6. The molecule has 0 heterocycles. The van der Waals surface area contributed by atoms with Gasteiger partial charge in [0.05, 0.1) is 17.2 Å². The van der Waals surface area contributed by atoms with E-state index in [1.54, 1.807) is 75.4 Å². The number of hydrogen-bond donors (Lipinski definition) is 1. The van der Waals surface area contributed by atoms with Gasteiger partial charge in [0.25, 0.3) is 10.0 Å². The number of rotatable bonds is 14. The van der Waals surface area contributed by atoms with Crippen LogP contribution in [0.15, 0.2) is 76.5 Å². The van der Waals surface area contributed by atoms with Crippen molar-refractivity contribution < 1.29 is 22.7 Å². The molecule has 8 nitrogen and oxygen atoms in total. The zero-order chi connectivity index (χ0) is 30.9. The molecule has 3 aromatic carbocycles. The Morgan fingerprint density at radius 1 is 0.952 bits per heavy atom. The molecule has 0 saturated heterocycles. The summed E-state index contributed by atoms with van der Waals surface area (Å²) in [5, 5.41) is 3.42. The number of carbonyl (C=O) groups is 2. The SMILES string of the molecule is CCNC(=O)[C@@H](CC)N(Cc1c(Cl)cccc1Cl)C(=O)CN(c1ccccc1OCC)S(=O)(=O)c1ccc(SC)cc1. The molecule has 1 N–H and O–H groups in total. The van der Waals surface area contributed by atoms with Crippen LogP contribution in [0.1, 0.15) is 32.8 Å². The lowest BCUT2D eigenvalue weighted by molar-refractivity contribution is -0.140. The Bertz CT molecular complexity index is 1470. The number of nitrogens with one attached hydrogen (secondary N) is 1. The molecule has 2 amide bonds. The standard InChI is InChI=1S/C30H35Cl2N3O5S2/c1-5-26(30(37)33-6-2)34(19-23-24(31)11-10-12-25(23)32)29(36)20-35(27-13-8-9-14-28(27)40-7-3)42(38,39)22-17-15-21(41-4)16-18-22/h8-18,26H,5-7,19-20H2,1-4H3,(H,33,37)/t26-/m1/s1. The second kappa shape index (κ2) is 15.5. The Morgan fingerprint density at radius 2 is 1.60 bits per heavy atom. The van der Waals surface area contributed by atoms with Crippen molar-refractivity contribution in [2.75, 3.05) is 30.3 Å². The highest BCUT2D eigenvalue weighted by atomic mass is 35.5. The number of likely N-dealkylation sites (N-methyl/N-ethyl adjacent to an activating group) is 1. The third-order valence-corrected chi connectivity index (χ3v) is 9.71. The molecule has 42 heavy (non-hydrogen) atoms. The van der Waals surface area contributed by atoms with Crippen LogP contribution in [0.5, 0.6) is 5.75 Å². The van der Waals surface area contributed by atoms with E-state index in [9.17, 15) is 18.0 Å². The minimum Gasteiger partial charge on any atom is -0.492 e. The van der Waals surface area contributed by atoms with Crippen LogP contribution in [0.4, 0.5) is 5.69 Å². The first-order chi connectivity index (χ1) is 20.1. The number of halogens is 2. The molecule has 3 aromatic rings. The molecule has 0 aliphatic carbocycles. The van der Waals surface area contributed by atoms with Crippen LogP contribution < -0.4 is 14.4 Å². The van der Waals surface area contributed by atoms with Crippen molar-refractivity contribution >= 4 is 62.5 Å². The summed E-state index contributed by atoms with van der Waals surface area (Å²) in [6.45, 7) is 5.29. The van der Waals surface area contributed by atoms with E-state index in [0.29, 0.717) is 27.9 Å². The van der Waals surface area contributed by atoms with Crippen LogP contribution in [0.2, 0.25) is 10.0 Å². The van der Waals surface area contributed by atoms with Gasteiger partial charge in [-0.15, -0.1) is 11.8 Å². The highest BCUT2D eigenvalue weighted by Gasteiger charge is 2.35. The molecule has 0 unspecified atom stereocenters. The predicted octanol–water partition coefficient (Wildman–Crippen LogP) is 6.25. The minimum atomic E-state index is -4.26. The van der Waals surface area contributed by atoms with Gasteiger partial charge in [-0.05, 0) is 75.1 Å². The fourth-order valence-corrected chi connectivity index (χ4v) is 6.74. The lowest BCUT2D eigenvalue weighted by Crippen LogP contribution is -2.52. The Labute approximate surface area is 262 Å². The van der Waals surface area contributed by atoms with Gasteiger partial charge in [-0.3, -0.25) is 13.9 Å². The van der Waals surface area contributed by atoms with Crippen molar-refractivity contribution in [2.45, 2.75) is 49.6 Å². The molecule has 0 radical (unpaired) electrons. The van der Waals surface area contributed by atoms with E-state index in [1.165, 1.54) is 28.8 Å². The normalized spacial score (nSPS) is 12.0. The summed E-state index contributed by atoms with van der Waals surface area (Å²) in [4.78, 5) is 29.6. The van der Waals surface area contributed by atoms with Crippen molar-refractivity contribution in [2.24, 2.45) is 0 Å². The zero-order valence-corrected chi connectivity index (χ0v) is 27.1. The monoisotopic (exact) mass is 651 g/mol. The molecular weight excluding hydrogens is 617 g/mol. The van der Waals surface area contributed by atoms with E-state index in [-0.39, 0.29) is 36.1 Å². The number of ether oxygens (including phenoxy) is 1. The second-order valence-corrected chi connectivity index (χ2v) is 12.7. The average molecular weight is 653 g/mol. The van der Waals surface area contributed by atoms with Gasteiger partial charge in [-0.1, -0.05) is 48.3 Å². The number of carbonyl (C=O) groups excluding carboxylic acids is 2. The van der Waals surface area contributed by atoms with Gasteiger partial charge in [-0.25, -0.2) is 8.42 Å². The summed E-state index contributed by atoms with van der Waals surface area (Å²) >= 11 is 14.4. The number of thioether (sulfide) groups is 1. The molecule has 0 aromatic heterocycles. The Kier molecular flexibility index (Phi) is 12.4. The van der Waals surface area contributed by atoms with Gasteiger partial charge in [0.15, 0.2) is 0 Å². The van der Waals surface area contributed by atoms with Gasteiger partial charge in [0.2, 0.25) is 11.8 Å². The van der Waals surface area contributed by atoms with Crippen molar-refractivity contribution in [1.82, 2.24) is 10.2 Å². The number of amides is 2. The van der Waals surface area contributed by atoms with E-state index < -0.39 is 28.5 Å². The minimum absolute atomic E-state index is 0.0101. The summed E-state index contributed by atoms with van der Waals surface area (Å²) in [5.74, 6) is -0.679. The topological polar surface area (TPSA) is 96.0 Å². The van der Waals surface area contributed by atoms with Crippen LogP contribution >= 0.6 is 35.0 Å². The molecule has 0 bridgehead atoms. The van der Waals surface area contributed by atoms with E-state index in [4.69, 9.17) is 27.9 Å². The van der Waals surface area contributed by atoms with Crippen molar-refractivity contribution in [1.29, 1.82) is 0 Å². The lowest BCUT2D eigenvalue weighted by Gasteiger charge is -2.33. The second-order valence-electron chi connectivity index (χ2n) is 9.13. The highest BCUT2D eigenvalue weighted by molar-refractivity contribution is 7.98. The first-order valence-electron chi connectivity index (χ1n) is 13.5. The van der Waals surface area contributed by atoms with Crippen LogP contribution in [-0.4, -0.2) is 57.1 Å². The first kappa shape index (κ1) is 33.6. The number of benzene rings is 3. The van der Waals surface area contributed by atoms with Crippen molar-refractivity contribution in [3.63, 3.8) is 0 Å². The quantitative estimate of drug-likeness (QED) is 0.207. The molecule has 0 spiro atoms. The van der Waals surface area contributed by atoms with Gasteiger partial charge in [0.1, 0.15) is 18.3 Å². The molecule has 0 saturated carbocycles. The van der Waals surface area contributed by atoms with Gasteiger partial charge in [0, 0.05) is 33.6 Å². The molecule has 0 fully saturated rings. The predicted molar refractivity (Wildman–Crippen MR) is 170 cm³/mol. The van der Waals surface area contributed by atoms with Crippen molar-refractivity contribution in [3.8, 4) is 5.75 Å². The van der Waals surface area contributed by atoms with E-state index in [2.05, 4.69) is 5.32 Å². The van der Waals surface area contributed by atoms with Crippen LogP contribution in [-0.2, 0) is 26.2 Å². The number of para-hydroxylation sites is 2. The van der Waals surface area contributed by atoms with E-state index in [1.807, 2.05) is 6.26 Å². The summed E-state index contributed by atoms with van der Waals surface area (Å²) in [7, 11) is -4.26. The fraction of sp³-hybridized carbons (Fsp3) is 0.333. The van der Waals surface area contributed by atoms with Crippen LogP contribution in [0, 0.1) is 0 Å². The molecule has 226 valence electrons. The maximum atomic E-state index is 14.2. The molecule has 0 aliphatic rings. The average Bonchev–Trinajstić information content (AvgIpc) is 2.98. The third kappa shape index (κ3) is 7.92. The van der Waals surface area contributed by atoms with E-state index >= 15 is 0 Å². The third-order valence-electron chi connectivity index (χ3n) is 6.49. The summed E-state index contributed by atoms with van der Waals surface area (Å²) < 4.78 is 35.1. The molecular formula is C30H35Cl2N3O5S2. The van der Waals surface area contributed by atoms with Gasteiger partial charge in [-0.2, -0.15) is 0 Å². The number of nitrogens with zero attached hydrogens (tertiary/aromatic N) is 2. The highest BCUT2D eigenvalue weighted by Crippen LogP contribution is 2.34. The Morgan fingerprint density at radius 3 is 2.17 bits per heavy atom. The molecule has 0 aliphatic heterocycles. The summed E-state index contributed by atoms with van der Waals surface area (Å²) in [6, 6.07) is 17.1. The van der Waals surface area contributed by atoms with E-state index in [0.717, 1.165) is 9.20 Å². The summed E-state index contributed by atoms with van der Waals surface area (Å²) in [5.41, 5.74) is 0.650. The maximum absolute atomic E-state index is 14.2. The maximum Gasteiger partial charge on any atom is 0.264 e. The van der Waals surface area contributed by atoms with Crippen LogP contribution in [0.25, 0.3) is 0 Å². The van der Waals surface area contributed by atoms with Crippen LogP contribution in [0.3, 0.4) is 0 Å². The molecule has 12 heteroatoms. The number of sulfonamides is 1. The smallest absolute Gasteiger partial charge is 0.264 e. The Hall–Kier alpha value is -2.92.